The van der Waals surface area contributed by atoms with Crippen LogP contribution < -0.4 is 0 Å². The summed E-state index contributed by atoms with van der Waals surface area (Å²) in [5, 5.41) is 2.62. The van der Waals surface area contributed by atoms with Crippen molar-refractivity contribution in [2.24, 2.45) is 16.3 Å². The SMILES string of the molecule is CC1=C(c2ccccc2)[P+]2([S-])C[C@]1(C)C(c1ccccc1)=C2C1=N[C@@H](C(C)C)CO1. The van der Waals surface area contributed by atoms with Gasteiger partial charge in [0.15, 0.2) is 0 Å². The summed E-state index contributed by atoms with van der Waals surface area (Å²) in [7, 11) is 0. The number of ether oxygens (including phenoxy) is 1. The van der Waals surface area contributed by atoms with Crippen LogP contribution in [-0.2, 0) is 17.0 Å². The maximum atomic E-state index is 6.64. The first kappa shape index (κ1) is 20.1. The van der Waals surface area contributed by atoms with Crippen LogP contribution in [0.3, 0.4) is 0 Å². The van der Waals surface area contributed by atoms with E-state index in [0.717, 1.165) is 12.1 Å². The quantitative estimate of drug-likeness (QED) is 0.391. The van der Waals surface area contributed by atoms with E-state index in [-0.39, 0.29) is 11.5 Å². The van der Waals surface area contributed by atoms with E-state index in [0.29, 0.717) is 12.5 Å². The molecule has 1 unspecified atom stereocenters. The second-order valence-electron chi connectivity index (χ2n) is 9.22. The molecule has 2 nitrogen and oxygen atoms in total. The van der Waals surface area contributed by atoms with Crippen LogP contribution in [0.1, 0.15) is 38.8 Å². The lowest BCUT2D eigenvalue weighted by atomic mass is 9.74. The molecular weight excluding hydrogens is 405 g/mol. The van der Waals surface area contributed by atoms with Gasteiger partial charge in [0, 0.05) is 11.1 Å². The third-order valence-electron chi connectivity index (χ3n) is 6.99. The predicted octanol–water partition coefficient (Wildman–Crippen LogP) is 6.80. The summed E-state index contributed by atoms with van der Waals surface area (Å²) in [4.78, 5) is 5.07. The number of rotatable bonds is 4. The van der Waals surface area contributed by atoms with Crippen LogP contribution in [0.15, 0.2) is 76.5 Å². The molecule has 4 heteroatoms. The zero-order valence-corrected chi connectivity index (χ0v) is 19.8. The lowest BCUT2D eigenvalue weighted by Crippen LogP contribution is -2.20. The van der Waals surface area contributed by atoms with Crippen LogP contribution in [0.25, 0.3) is 10.9 Å². The van der Waals surface area contributed by atoms with Gasteiger partial charge in [-0.05, 0) is 37.4 Å². The van der Waals surface area contributed by atoms with E-state index in [1.54, 1.807) is 0 Å². The minimum atomic E-state index is -2.03. The monoisotopic (exact) mass is 433 g/mol. The van der Waals surface area contributed by atoms with Gasteiger partial charge in [0.05, 0.1) is 22.9 Å². The first-order chi connectivity index (χ1) is 14.4. The van der Waals surface area contributed by atoms with Gasteiger partial charge in [-0.1, -0.05) is 74.5 Å². The topological polar surface area (TPSA) is 21.6 Å². The fourth-order valence-corrected chi connectivity index (χ4v) is 11.6. The molecule has 0 aromatic heterocycles. The van der Waals surface area contributed by atoms with Gasteiger partial charge in [0.25, 0.3) is 5.90 Å². The van der Waals surface area contributed by atoms with Crippen molar-refractivity contribution in [2.75, 3.05) is 12.8 Å². The minimum absolute atomic E-state index is 0.0703. The highest BCUT2D eigenvalue weighted by atomic mass is 32.7. The highest BCUT2D eigenvalue weighted by Crippen LogP contribution is 2.88. The fraction of sp³-hybridized carbons (Fsp3) is 0.346. The van der Waals surface area contributed by atoms with Crippen molar-refractivity contribution in [3.63, 3.8) is 0 Å². The van der Waals surface area contributed by atoms with E-state index in [9.17, 15) is 0 Å². The lowest BCUT2D eigenvalue weighted by molar-refractivity contribution is 0.292. The molecular formula is C26H28NOPS. The zero-order chi connectivity index (χ0) is 21.1. The Morgan fingerprint density at radius 1 is 1.00 bits per heavy atom. The summed E-state index contributed by atoms with van der Waals surface area (Å²) in [5.74, 6) is 1.28. The van der Waals surface area contributed by atoms with Gasteiger partial charge in [-0.15, -0.1) is 0 Å². The second kappa shape index (κ2) is 7.11. The number of allylic oxidation sites excluding steroid dienone is 2. The van der Waals surface area contributed by atoms with E-state index in [1.165, 1.54) is 32.9 Å². The van der Waals surface area contributed by atoms with Crippen LogP contribution in [0, 0.1) is 11.3 Å². The molecule has 3 heterocycles. The van der Waals surface area contributed by atoms with Gasteiger partial charge in [-0.3, -0.25) is 0 Å². The van der Waals surface area contributed by atoms with Crippen LogP contribution in [0.5, 0.6) is 0 Å². The average Bonchev–Trinajstić information content (AvgIpc) is 3.36. The van der Waals surface area contributed by atoms with E-state index < -0.39 is 6.46 Å². The first-order valence-corrected chi connectivity index (χ1v) is 13.7. The summed E-state index contributed by atoms with van der Waals surface area (Å²) < 4.78 is 6.28. The van der Waals surface area contributed by atoms with Crippen molar-refractivity contribution < 1.29 is 4.74 Å². The Kier molecular flexibility index (Phi) is 4.76. The molecule has 5 rings (SSSR count). The Bertz CT molecular complexity index is 1090. The van der Waals surface area contributed by atoms with Crippen molar-refractivity contribution in [3.8, 4) is 0 Å². The van der Waals surface area contributed by atoms with Crippen molar-refractivity contribution >= 4 is 35.5 Å². The van der Waals surface area contributed by atoms with Gasteiger partial charge in [-0.25, -0.2) is 4.99 Å². The number of aliphatic imine (C=N–C) groups is 1. The minimum Gasteiger partial charge on any atom is -0.545 e. The molecule has 2 bridgehead atoms. The Morgan fingerprint density at radius 2 is 1.60 bits per heavy atom. The molecule has 0 fully saturated rings. The lowest BCUT2D eigenvalue weighted by Gasteiger charge is -2.33. The Labute approximate surface area is 185 Å². The molecule has 0 saturated heterocycles. The van der Waals surface area contributed by atoms with Crippen molar-refractivity contribution in [3.05, 3.63) is 82.7 Å². The number of nitrogens with zero attached hydrogens (tertiary/aromatic N) is 1. The number of benzene rings is 2. The van der Waals surface area contributed by atoms with Crippen LogP contribution in [0.2, 0.25) is 0 Å². The molecule has 0 amide bonds. The van der Waals surface area contributed by atoms with Crippen molar-refractivity contribution in [1.82, 2.24) is 0 Å². The number of fused-ring (bicyclic) bond motifs is 2. The molecule has 0 saturated carbocycles. The maximum Gasteiger partial charge on any atom is 0.252 e. The molecule has 3 atom stereocenters. The fourth-order valence-electron chi connectivity index (χ4n) is 5.28. The predicted molar refractivity (Wildman–Crippen MR) is 132 cm³/mol. The normalized spacial score (nSPS) is 30.3. The molecule has 2 aromatic rings. The highest BCUT2D eigenvalue weighted by molar-refractivity contribution is 8.48. The molecule has 0 N–H and O–H groups in total. The summed E-state index contributed by atoms with van der Waals surface area (Å²) in [6.45, 7) is 7.74. The van der Waals surface area contributed by atoms with E-state index in [4.69, 9.17) is 22.0 Å². The van der Waals surface area contributed by atoms with E-state index >= 15 is 0 Å². The van der Waals surface area contributed by atoms with E-state index in [2.05, 4.69) is 88.4 Å². The summed E-state index contributed by atoms with van der Waals surface area (Å²) in [6.07, 6.45) is 1.000. The molecule has 0 radical (unpaired) electrons. The summed E-state index contributed by atoms with van der Waals surface area (Å²) >= 11 is 6.64. The van der Waals surface area contributed by atoms with Crippen LogP contribution in [0.4, 0.5) is 0 Å². The second-order valence-corrected chi connectivity index (χ2v) is 13.8. The third-order valence-corrected chi connectivity index (χ3v) is 12.0. The summed E-state index contributed by atoms with van der Waals surface area (Å²) in [5.41, 5.74) is 5.24. The smallest absolute Gasteiger partial charge is 0.252 e. The number of hydrogen-bond donors (Lipinski definition) is 0. The van der Waals surface area contributed by atoms with Gasteiger partial charge < -0.3 is 17.0 Å². The molecule has 0 spiro atoms. The van der Waals surface area contributed by atoms with Gasteiger partial charge in [0.1, 0.15) is 11.9 Å². The zero-order valence-electron chi connectivity index (χ0n) is 18.1. The molecule has 0 aliphatic carbocycles. The Balaban J connectivity index is 1.76. The average molecular weight is 434 g/mol. The summed E-state index contributed by atoms with van der Waals surface area (Å²) in [6, 6.07) is 21.7. The van der Waals surface area contributed by atoms with Crippen molar-refractivity contribution in [2.45, 2.75) is 33.7 Å². The van der Waals surface area contributed by atoms with Gasteiger partial charge in [0.2, 0.25) is 0 Å². The highest BCUT2D eigenvalue weighted by Gasteiger charge is 2.63. The third kappa shape index (κ3) is 2.78. The van der Waals surface area contributed by atoms with Crippen LogP contribution >= 0.6 is 6.46 Å². The first-order valence-electron chi connectivity index (χ1n) is 10.7. The standard InChI is InChI=1S/C26H28NOPS/c1-17(2)21-15-28-25(27-21)24-22(19-11-7-5-8-12-19)26(4)16-29(24,30)23(18(26)3)20-13-9-6-10-14-20/h5-14,17,21H,15-16H2,1-4H3/t21-,26+,29?/m1/s1. The van der Waals surface area contributed by atoms with Gasteiger partial charge in [-0.2, -0.15) is 0 Å². The Morgan fingerprint density at radius 3 is 2.17 bits per heavy atom. The molecule has 3 aliphatic rings. The van der Waals surface area contributed by atoms with E-state index in [1.807, 2.05) is 0 Å². The molecule has 30 heavy (non-hydrogen) atoms. The molecule has 3 aliphatic heterocycles. The number of hydrogen-bond acceptors (Lipinski definition) is 3. The van der Waals surface area contributed by atoms with Crippen molar-refractivity contribution in [1.29, 1.82) is 0 Å². The largest absolute Gasteiger partial charge is 0.545 e. The Hall–Kier alpha value is -1.83. The van der Waals surface area contributed by atoms with Crippen LogP contribution in [-0.4, -0.2) is 24.7 Å². The maximum absolute atomic E-state index is 6.64. The molecule has 154 valence electrons. The molecule has 2 aromatic carbocycles. The van der Waals surface area contributed by atoms with Gasteiger partial charge >= 0.3 is 0 Å².